The molecule has 3 aromatic carbocycles. The van der Waals surface area contributed by atoms with Gasteiger partial charge in [0.15, 0.2) is 0 Å². The van der Waals surface area contributed by atoms with Crippen molar-refractivity contribution in [2.45, 2.75) is 13.0 Å². The Bertz CT molecular complexity index is 1060. The molecular weight excluding hydrogens is 348 g/mol. The van der Waals surface area contributed by atoms with Crippen LogP contribution in [0.3, 0.4) is 0 Å². The minimum atomic E-state index is -0.217. The highest BCUT2D eigenvalue weighted by Crippen LogP contribution is 2.36. The Morgan fingerprint density at radius 1 is 0.929 bits per heavy atom. The number of ether oxygens (including phenoxy) is 1. The maximum Gasteiger partial charge on any atom is 0.147 e. The van der Waals surface area contributed by atoms with E-state index in [2.05, 4.69) is 10.3 Å². The fourth-order valence-corrected chi connectivity index (χ4v) is 3.35. The molecule has 0 saturated heterocycles. The summed E-state index contributed by atoms with van der Waals surface area (Å²) in [7, 11) is 0. The van der Waals surface area contributed by atoms with Crippen LogP contribution in [0.4, 0.5) is 5.69 Å². The van der Waals surface area contributed by atoms with Crippen LogP contribution in [0.1, 0.15) is 24.1 Å². The van der Waals surface area contributed by atoms with E-state index in [9.17, 15) is 5.11 Å². The molecule has 0 saturated carbocycles. The summed E-state index contributed by atoms with van der Waals surface area (Å²) in [5.74, 6) is 1.03. The molecule has 140 valence electrons. The molecule has 0 aliphatic carbocycles. The van der Waals surface area contributed by atoms with Gasteiger partial charge in [-0.25, -0.2) is 0 Å². The van der Waals surface area contributed by atoms with Crippen molar-refractivity contribution in [2.75, 3.05) is 11.9 Å². The molecule has 4 aromatic rings. The van der Waals surface area contributed by atoms with Gasteiger partial charge in [-0.15, -0.1) is 0 Å². The van der Waals surface area contributed by atoms with Gasteiger partial charge in [0.1, 0.15) is 17.0 Å². The summed E-state index contributed by atoms with van der Waals surface area (Å²) < 4.78 is 5.53. The zero-order valence-corrected chi connectivity index (χ0v) is 15.7. The molecule has 0 bridgehead atoms. The van der Waals surface area contributed by atoms with Crippen molar-refractivity contribution in [1.29, 1.82) is 0 Å². The predicted molar refractivity (Wildman–Crippen MR) is 113 cm³/mol. The molecule has 28 heavy (non-hydrogen) atoms. The molecule has 4 heteroatoms. The standard InChI is InChI=1S/C24H22N2O2/c1-2-28-20-13-11-19(12-14-20)26-22(17-7-4-3-5-8-17)21-15-10-18-9-6-16-25-23(18)24(21)27/h3-16,22,26-27H,2H2,1H3. The first-order valence-corrected chi connectivity index (χ1v) is 9.37. The third-order valence-corrected chi connectivity index (χ3v) is 4.70. The number of anilines is 1. The van der Waals surface area contributed by atoms with E-state index in [0.717, 1.165) is 28.0 Å². The van der Waals surface area contributed by atoms with Gasteiger partial charge in [-0.05, 0) is 42.8 Å². The number of aromatic hydroxyl groups is 1. The van der Waals surface area contributed by atoms with Gasteiger partial charge in [0, 0.05) is 22.8 Å². The molecule has 1 heterocycles. The Balaban J connectivity index is 1.75. The molecular formula is C24H22N2O2. The lowest BCUT2D eigenvalue weighted by molar-refractivity contribution is 0.340. The molecule has 4 rings (SSSR count). The molecule has 4 nitrogen and oxygen atoms in total. The highest BCUT2D eigenvalue weighted by atomic mass is 16.5. The van der Waals surface area contributed by atoms with Gasteiger partial charge < -0.3 is 15.2 Å². The minimum Gasteiger partial charge on any atom is -0.505 e. The summed E-state index contributed by atoms with van der Waals surface area (Å²) in [6, 6.07) is 25.5. The Hall–Kier alpha value is -3.53. The van der Waals surface area contributed by atoms with Gasteiger partial charge >= 0.3 is 0 Å². The van der Waals surface area contributed by atoms with Crippen molar-refractivity contribution >= 4 is 16.6 Å². The number of rotatable bonds is 6. The lowest BCUT2D eigenvalue weighted by atomic mass is 9.96. The van der Waals surface area contributed by atoms with Gasteiger partial charge in [0.05, 0.1) is 12.6 Å². The normalized spacial score (nSPS) is 11.9. The molecule has 0 radical (unpaired) electrons. The van der Waals surface area contributed by atoms with E-state index in [1.165, 1.54) is 0 Å². The van der Waals surface area contributed by atoms with E-state index in [4.69, 9.17) is 4.74 Å². The number of phenols is 1. The second kappa shape index (κ2) is 8.01. The van der Waals surface area contributed by atoms with Gasteiger partial charge in [-0.1, -0.05) is 48.5 Å². The monoisotopic (exact) mass is 370 g/mol. The molecule has 0 aliphatic heterocycles. The van der Waals surface area contributed by atoms with E-state index in [0.29, 0.717) is 12.1 Å². The lowest BCUT2D eigenvalue weighted by Crippen LogP contribution is -2.12. The fraction of sp³-hybridized carbons (Fsp3) is 0.125. The van der Waals surface area contributed by atoms with Gasteiger partial charge in [-0.2, -0.15) is 0 Å². The molecule has 1 aromatic heterocycles. The first kappa shape index (κ1) is 17.9. The predicted octanol–water partition coefficient (Wildman–Crippen LogP) is 5.54. The average Bonchev–Trinajstić information content (AvgIpc) is 2.75. The summed E-state index contributed by atoms with van der Waals surface area (Å²) in [6.07, 6.45) is 1.70. The van der Waals surface area contributed by atoms with E-state index in [1.54, 1.807) is 6.20 Å². The number of hydrogen-bond acceptors (Lipinski definition) is 4. The van der Waals surface area contributed by atoms with Crippen LogP contribution in [-0.4, -0.2) is 16.7 Å². The Labute approximate surface area is 164 Å². The summed E-state index contributed by atoms with van der Waals surface area (Å²) in [4.78, 5) is 4.36. The van der Waals surface area contributed by atoms with Gasteiger partial charge in [-0.3, -0.25) is 4.98 Å². The number of hydrogen-bond donors (Lipinski definition) is 2. The van der Waals surface area contributed by atoms with Gasteiger partial charge in [0.25, 0.3) is 0 Å². The quantitative estimate of drug-likeness (QED) is 0.468. The lowest BCUT2D eigenvalue weighted by Gasteiger charge is -2.22. The van der Waals surface area contributed by atoms with E-state index < -0.39 is 0 Å². The Morgan fingerprint density at radius 2 is 1.71 bits per heavy atom. The summed E-state index contributed by atoms with van der Waals surface area (Å²) in [5, 5.41) is 15.4. The highest BCUT2D eigenvalue weighted by molar-refractivity contribution is 5.86. The number of pyridine rings is 1. The molecule has 1 unspecified atom stereocenters. The van der Waals surface area contributed by atoms with E-state index in [1.807, 2.05) is 85.8 Å². The zero-order chi connectivity index (χ0) is 19.3. The van der Waals surface area contributed by atoms with Crippen molar-refractivity contribution in [3.63, 3.8) is 0 Å². The average molecular weight is 370 g/mol. The second-order valence-corrected chi connectivity index (χ2v) is 6.52. The van der Waals surface area contributed by atoms with Crippen molar-refractivity contribution in [2.24, 2.45) is 0 Å². The Morgan fingerprint density at radius 3 is 2.46 bits per heavy atom. The maximum atomic E-state index is 11.0. The summed E-state index contributed by atoms with van der Waals surface area (Å²) in [5.41, 5.74) is 3.39. The highest BCUT2D eigenvalue weighted by Gasteiger charge is 2.19. The van der Waals surface area contributed by atoms with Crippen LogP contribution in [0.2, 0.25) is 0 Å². The van der Waals surface area contributed by atoms with Crippen molar-refractivity contribution < 1.29 is 9.84 Å². The SMILES string of the molecule is CCOc1ccc(NC(c2ccccc2)c2ccc3cccnc3c2O)cc1. The van der Waals surface area contributed by atoms with E-state index >= 15 is 0 Å². The van der Waals surface area contributed by atoms with Crippen LogP contribution >= 0.6 is 0 Å². The first-order chi connectivity index (χ1) is 13.8. The molecule has 2 N–H and O–H groups in total. The van der Waals surface area contributed by atoms with Crippen LogP contribution in [0.15, 0.2) is 85.1 Å². The zero-order valence-electron chi connectivity index (χ0n) is 15.7. The molecule has 0 fully saturated rings. The minimum absolute atomic E-state index is 0.199. The topological polar surface area (TPSA) is 54.4 Å². The number of aromatic nitrogens is 1. The van der Waals surface area contributed by atoms with Crippen molar-refractivity contribution in [3.05, 3.63) is 96.2 Å². The van der Waals surface area contributed by atoms with Crippen LogP contribution < -0.4 is 10.1 Å². The third kappa shape index (κ3) is 3.62. The number of nitrogens with zero attached hydrogens (tertiary/aromatic N) is 1. The van der Waals surface area contributed by atoms with E-state index in [-0.39, 0.29) is 11.8 Å². The summed E-state index contributed by atoms with van der Waals surface area (Å²) in [6.45, 7) is 2.60. The third-order valence-electron chi connectivity index (χ3n) is 4.70. The summed E-state index contributed by atoms with van der Waals surface area (Å²) >= 11 is 0. The largest absolute Gasteiger partial charge is 0.505 e. The Kier molecular flexibility index (Phi) is 5.11. The number of phenolic OH excluding ortho intramolecular Hbond substituents is 1. The molecule has 1 atom stereocenters. The van der Waals surface area contributed by atoms with Crippen LogP contribution in [-0.2, 0) is 0 Å². The first-order valence-electron chi connectivity index (χ1n) is 9.37. The van der Waals surface area contributed by atoms with Crippen molar-refractivity contribution in [1.82, 2.24) is 4.98 Å². The maximum absolute atomic E-state index is 11.0. The fourth-order valence-electron chi connectivity index (χ4n) is 3.35. The van der Waals surface area contributed by atoms with Crippen LogP contribution in [0.5, 0.6) is 11.5 Å². The van der Waals surface area contributed by atoms with Crippen LogP contribution in [0, 0.1) is 0 Å². The smallest absolute Gasteiger partial charge is 0.147 e. The molecule has 0 spiro atoms. The van der Waals surface area contributed by atoms with Gasteiger partial charge in [0.2, 0.25) is 0 Å². The van der Waals surface area contributed by atoms with Crippen LogP contribution in [0.25, 0.3) is 10.9 Å². The molecule has 0 amide bonds. The van der Waals surface area contributed by atoms with Crippen molar-refractivity contribution in [3.8, 4) is 11.5 Å². The number of benzene rings is 3. The molecule has 0 aliphatic rings. The number of nitrogens with one attached hydrogen (secondary N) is 1. The second-order valence-electron chi connectivity index (χ2n) is 6.52. The number of fused-ring (bicyclic) bond motifs is 1.